The van der Waals surface area contributed by atoms with Gasteiger partial charge in [0.05, 0.1) is 30.7 Å². The highest BCUT2D eigenvalue weighted by Crippen LogP contribution is 2.44. The molecule has 3 aromatic heterocycles. The Bertz CT molecular complexity index is 4010. The molecule has 0 unspecified atom stereocenters. The van der Waals surface area contributed by atoms with E-state index in [-0.39, 0.29) is 103 Å². The number of hydrogen-bond donors (Lipinski definition) is 2. The molecule has 88 heavy (non-hydrogen) atoms. The molecule has 0 amide bonds. The Morgan fingerprint density at radius 3 is 0.909 bits per heavy atom. The summed E-state index contributed by atoms with van der Waals surface area (Å²) in [4.78, 5) is 37.6. The third-order valence-corrected chi connectivity index (χ3v) is 24.0. The van der Waals surface area contributed by atoms with Gasteiger partial charge in [0.1, 0.15) is 22.6 Å². The summed E-state index contributed by atoms with van der Waals surface area (Å²) in [6.45, 7) is 18.5. The van der Waals surface area contributed by atoms with E-state index < -0.39 is 40.1 Å². The van der Waals surface area contributed by atoms with Gasteiger partial charge >= 0.3 is 0 Å². The van der Waals surface area contributed by atoms with E-state index in [1.54, 1.807) is 72.8 Å². The summed E-state index contributed by atoms with van der Waals surface area (Å²) in [5, 5.41) is 1.53. The van der Waals surface area contributed by atoms with Gasteiger partial charge in [-0.25, -0.2) is 63.6 Å². The minimum atomic E-state index is -4.24. The van der Waals surface area contributed by atoms with Crippen LogP contribution in [-0.4, -0.2) is 143 Å². The van der Waals surface area contributed by atoms with Crippen LogP contribution >= 0.6 is 0 Å². The first-order valence-corrected chi connectivity index (χ1v) is 37.5. The molecule has 2 N–H and O–H groups in total. The Labute approximate surface area is 520 Å². The topological polar surface area (TPSA) is 258 Å². The molecule has 0 atom stereocenters. The number of sulfonamides is 4. The second-order valence-corrected chi connectivity index (χ2v) is 30.5. The van der Waals surface area contributed by atoms with Gasteiger partial charge in [-0.1, -0.05) is 131 Å². The molecule has 0 spiro atoms. The summed E-state index contributed by atoms with van der Waals surface area (Å²) in [7, 11) is -16.7. The van der Waals surface area contributed by atoms with Crippen LogP contribution in [0.4, 0.5) is 0 Å². The summed E-state index contributed by atoms with van der Waals surface area (Å²) in [5.41, 5.74) is 1.63. The molecule has 2 aliphatic heterocycles. The monoisotopic (exact) mass is 1280 g/mol. The molecular weight excluding hydrogens is 1190 g/mol. The summed E-state index contributed by atoms with van der Waals surface area (Å²) >= 11 is 0. The van der Waals surface area contributed by atoms with Crippen molar-refractivity contribution < 1.29 is 33.7 Å². The van der Waals surface area contributed by atoms with Gasteiger partial charge in [0.25, 0.3) is 0 Å². The molecule has 0 saturated carbocycles. The van der Waals surface area contributed by atoms with Crippen molar-refractivity contribution >= 4 is 84.2 Å². The minimum Gasteiger partial charge on any atom is -0.324 e. The fourth-order valence-electron chi connectivity index (χ4n) is 11.2. The van der Waals surface area contributed by atoms with Gasteiger partial charge in [-0.3, -0.25) is 0 Å². The third kappa shape index (κ3) is 13.5. The minimum absolute atomic E-state index is 0.0174. The number of unbranched alkanes of at least 4 members (excludes halogenated alkanes) is 8. The van der Waals surface area contributed by atoms with E-state index in [0.717, 1.165) is 51.4 Å². The number of H-pyrrole nitrogens is 2. The van der Waals surface area contributed by atoms with Crippen LogP contribution in [-0.2, 0) is 40.1 Å². The van der Waals surface area contributed by atoms with Gasteiger partial charge in [-0.2, -0.15) is 17.2 Å². The van der Waals surface area contributed by atoms with Gasteiger partial charge in [0.15, 0.2) is 23.3 Å². The molecule has 0 aliphatic carbocycles. The predicted molar refractivity (Wildman–Crippen MR) is 350 cm³/mol. The Hall–Kier alpha value is -6.12. The molecule has 8 bridgehead atoms. The highest BCUT2D eigenvalue weighted by atomic mass is 32.2. The second kappa shape index (κ2) is 28.8. The number of rotatable bonds is 32. The zero-order valence-electron chi connectivity index (χ0n) is 52.3. The first-order chi connectivity index (χ1) is 42.3. The summed E-state index contributed by atoms with van der Waals surface area (Å²) < 4.78 is 127. The number of aromatic nitrogens is 8. The largest absolute Gasteiger partial charge is 0.324 e. The maximum atomic E-state index is 15.3. The third-order valence-electron chi connectivity index (χ3n) is 16.4. The van der Waals surface area contributed by atoms with E-state index >= 15 is 16.8 Å². The Morgan fingerprint density at radius 2 is 0.602 bits per heavy atom. The zero-order valence-corrected chi connectivity index (χ0v) is 55.5. The van der Waals surface area contributed by atoms with E-state index in [1.165, 1.54) is 17.2 Å². The summed E-state index contributed by atoms with van der Waals surface area (Å²) in [5.74, 6) is 0.0691. The summed E-state index contributed by atoms with van der Waals surface area (Å²) in [6, 6.07) is 19.4. The quantitative estimate of drug-likeness (QED) is 0.0397. The van der Waals surface area contributed by atoms with Crippen LogP contribution in [0.5, 0.6) is 0 Å². The van der Waals surface area contributed by atoms with E-state index in [0.29, 0.717) is 110 Å². The predicted octanol–water partition coefficient (Wildman–Crippen LogP) is 13.2. The average Bonchev–Trinajstić information content (AvgIpc) is 1.84. The lowest BCUT2D eigenvalue weighted by atomic mass is 10.1. The maximum absolute atomic E-state index is 15.3. The lowest BCUT2D eigenvalue weighted by Crippen LogP contribution is -2.33. The highest BCUT2D eigenvalue weighted by Gasteiger charge is 2.36. The molecule has 5 heterocycles. The van der Waals surface area contributed by atoms with Crippen molar-refractivity contribution in [3.8, 4) is 45.6 Å². The van der Waals surface area contributed by atoms with Gasteiger partial charge < -0.3 is 9.97 Å². The van der Waals surface area contributed by atoms with Crippen LogP contribution < -0.4 is 0 Å². The average molecular weight is 1280 g/mol. The summed E-state index contributed by atoms with van der Waals surface area (Å²) in [6.07, 6.45) is 11.3. The number of nitrogens with one attached hydrogen (secondary N) is 2. The number of hydrogen-bond acceptors (Lipinski definition) is 14. The number of aromatic amines is 2. The van der Waals surface area contributed by atoms with Crippen LogP contribution in [0, 0.1) is 0 Å². The van der Waals surface area contributed by atoms with Crippen LogP contribution in [0.3, 0.4) is 0 Å². The van der Waals surface area contributed by atoms with Gasteiger partial charge in [0.2, 0.25) is 40.1 Å². The first kappa shape index (κ1) is 66.3. The number of nitrogens with zero attached hydrogens (tertiary/aromatic N) is 10. The fourth-order valence-corrected chi connectivity index (χ4v) is 17.7. The Morgan fingerprint density at radius 1 is 0.318 bits per heavy atom. The van der Waals surface area contributed by atoms with Crippen LogP contribution in [0.15, 0.2) is 92.4 Å². The molecule has 7 aromatic rings. The number of fused-ring (bicyclic) bond motifs is 20. The van der Waals surface area contributed by atoms with Crippen molar-refractivity contribution in [1.29, 1.82) is 0 Å². The van der Waals surface area contributed by atoms with Gasteiger partial charge in [0, 0.05) is 85.0 Å². The number of benzene rings is 4. The second-order valence-electron chi connectivity index (χ2n) is 22.8. The van der Waals surface area contributed by atoms with Crippen molar-refractivity contribution in [2.45, 2.75) is 178 Å². The molecular formula is C64H86N12O8S4. The van der Waals surface area contributed by atoms with Crippen LogP contribution in [0.1, 0.15) is 158 Å². The van der Waals surface area contributed by atoms with Crippen molar-refractivity contribution in [2.75, 3.05) is 52.4 Å². The first-order valence-electron chi connectivity index (χ1n) is 31.7. The molecule has 4 aromatic carbocycles. The lowest BCUT2D eigenvalue weighted by Gasteiger charge is -2.23. The molecule has 0 saturated heterocycles. The fraction of sp³-hybridized carbons (Fsp3) is 0.500. The lowest BCUT2D eigenvalue weighted by molar-refractivity contribution is 0.395. The molecule has 20 nitrogen and oxygen atoms in total. The molecule has 0 radical (unpaired) electrons. The molecule has 24 heteroatoms. The molecule has 0 fully saturated rings. The van der Waals surface area contributed by atoms with E-state index in [9.17, 15) is 16.8 Å². The van der Waals surface area contributed by atoms with E-state index in [2.05, 4.69) is 9.97 Å². The van der Waals surface area contributed by atoms with Crippen molar-refractivity contribution in [1.82, 2.24) is 57.1 Å². The van der Waals surface area contributed by atoms with Crippen molar-refractivity contribution in [3.63, 3.8) is 0 Å². The van der Waals surface area contributed by atoms with E-state index in [1.807, 2.05) is 55.4 Å². The van der Waals surface area contributed by atoms with Gasteiger partial charge in [-0.05, 0) is 99.9 Å². The standard InChI is InChI=1S/C64H86N12O8S4/c1-9-17-35-73(36-18-10-2)85(77,78)45-31-33-47-51(43-45)61-65-57(47)69-63-55-49(27-25-29-53(55)87(81,82)75(39-21-13-5)40-22-14-6)59(71-63)67-60-50-28-26-30-54(88(83,84)76(41-23-15-7)42-24-16-8)56(50)64(72-60)70-58-48-34-32-46(44-52(48)62(66-58)68-61)86(79,80)74(37-19-11-3)38-20-12-4/h25-34,43-44H,9-24,35-42H2,1-8H3,(H2,65,66,67,68,69,70,71,72). The van der Waals surface area contributed by atoms with Crippen molar-refractivity contribution in [2.24, 2.45) is 0 Å². The van der Waals surface area contributed by atoms with E-state index in [4.69, 9.17) is 29.9 Å². The zero-order chi connectivity index (χ0) is 63.0. The molecule has 9 rings (SSSR count). The Balaban J connectivity index is 1.45. The molecule has 474 valence electrons. The Kier molecular flexibility index (Phi) is 21.7. The van der Waals surface area contributed by atoms with Crippen LogP contribution in [0.25, 0.3) is 89.7 Å². The van der Waals surface area contributed by atoms with Gasteiger partial charge in [-0.15, -0.1) is 0 Å². The van der Waals surface area contributed by atoms with Crippen molar-refractivity contribution in [3.05, 3.63) is 72.8 Å². The normalized spacial score (nSPS) is 13.0. The highest BCUT2D eigenvalue weighted by molar-refractivity contribution is 7.90. The SMILES string of the molecule is CCCCN(CCCC)S(=O)(=O)c1ccc2c3nc4nc(nc5nc(nc6[nH]c(nc([nH]3)c2c1)c1cc(S(=O)(=O)N(CCCC)CCCC)ccc61)-c1c-5cccc1S(=O)(=O)N(CCCC)CCCC)-c1cccc(S(=O)(=O)N(CCCC)CCCC)c1-4. The maximum Gasteiger partial charge on any atom is 0.243 e. The molecule has 2 aliphatic rings. The smallest absolute Gasteiger partial charge is 0.243 e. The van der Waals surface area contributed by atoms with Crippen LogP contribution in [0.2, 0.25) is 0 Å².